The van der Waals surface area contributed by atoms with E-state index in [0.717, 1.165) is 37.5 Å². The number of halogens is 1. The van der Waals surface area contributed by atoms with Gasteiger partial charge in [0.25, 0.3) is 0 Å². The molecule has 0 atom stereocenters. The number of benzene rings is 1. The molecule has 1 aliphatic heterocycles. The number of oxime groups is 1. The first-order valence-electron chi connectivity index (χ1n) is 7.18. The summed E-state index contributed by atoms with van der Waals surface area (Å²) in [6.07, 6.45) is 4.77. The van der Waals surface area contributed by atoms with Gasteiger partial charge in [0.1, 0.15) is 5.82 Å². The van der Waals surface area contributed by atoms with Crippen molar-refractivity contribution in [3.63, 3.8) is 0 Å². The maximum Gasteiger partial charge on any atom is 0.172 e. The highest BCUT2D eigenvalue weighted by atomic mass is 19.1. The van der Waals surface area contributed by atoms with Crippen LogP contribution in [0.2, 0.25) is 0 Å². The first-order valence-corrected chi connectivity index (χ1v) is 7.18. The summed E-state index contributed by atoms with van der Waals surface area (Å²) in [6, 6.07) is 4.45. The fourth-order valence-electron chi connectivity index (χ4n) is 2.91. The van der Waals surface area contributed by atoms with Crippen LogP contribution >= 0.6 is 0 Å². The van der Waals surface area contributed by atoms with Gasteiger partial charge in [-0.1, -0.05) is 24.9 Å². The van der Waals surface area contributed by atoms with E-state index in [4.69, 9.17) is 10.9 Å². The Morgan fingerprint density at radius 1 is 1.45 bits per heavy atom. The van der Waals surface area contributed by atoms with Crippen LogP contribution in [-0.4, -0.2) is 24.1 Å². The lowest BCUT2D eigenvalue weighted by Gasteiger charge is -2.34. The third-order valence-electron chi connectivity index (χ3n) is 3.99. The molecule has 0 bridgehead atoms. The number of piperidine rings is 1. The highest BCUT2D eigenvalue weighted by Crippen LogP contribution is 2.28. The number of nitrogens with two attached hydrogens (primary N) is 1. The smallest absolute Gasteiger partial charge is 0.172 e. The molecule has 0 unspecified atom stereocenters. The van der Waals surface area contributed by atoms with Crippen molar-refractivity contribution in [3.05, 3.63) is 29.6 Å². The van der Waals surface area contributed by atoms with Gasteiger partial charge in [0, 0.05) is 24.3 Å². The van der Waals surface area contributed by atoms with Crippen molar-refractivity contribution in [3.8, 4) is 0 Å². The van der Waals surface area contributed by atoms with Gasteiger partial charge in [0.2, 0.25) is 0 Å². The van der Waals surface area contributed by atoms with Crippen molar-refractivity contribution < 1.29 is 9.60 Å². The number of rotatable bonds is 4. The molecule has 0 spiro atoms. The van der Waals surface area contributed by atoms with Gasteiger partial charge in [-0.2, -0.15) is 0 Å². The van der Waals surface area contributed by atoms with Crippen LogP contribution in [0.1, 0.15) is 38.2 Å². The summed E-state index contributed by atoms with van der Waals surface area (Å²) in [5.74, 6) is 0.357. The molecule has 1 aromatic carbocycles. The summed E-state index contributed by atoms with van der Waals surface area (Å²) < 4.78 is 13.4. The maximum atomic E-state index is 13.4. The highest BCUT2D eigenvalue weighted by Gasteiger charge is 2.21. The Hall–Kier alpha value is -1.78. The second-order valence-corrected chi connectivity index (χ2v) is 5.37. The lowest BCUT2D eigenvalue weighted by molar-refractivity contribution is 0.318. The molecular formula is C15H22FN3O. The van der Waals surface area contributed by atoms with Crippen LogP contribution in [0, 0.1) is 11.7 Å². The lowest BCUT2D eigenvalue weighted by atomic mass is 9.92. The number of hydrogen-bond donors (Lipinski definition) is 2. The normalized spacial score (nSPS) is 17.5. The molecule has 2 rings (SSSR count). The summed E-state index contributed by atoms with van der Waals surface area (Å²) in [7, 11) is 0. The van der Waals surface area contributed by atoms with Crippen LogP contribution < -0.4 is 10.6 Å². The highest BCUT2D eigenvalue weighted by molar-refractivity contribution is 6.02. The molecule has 110 valence electrons. The molecule has 1 aromatic rings. The zero-order chi connectivity index (χ0) is 14.5. The average Bonchev–Trinajstić information content (AvgIpc) is 2.47. The first-order chi connectivity index (χ1) is 9.65. The van der Waals surface area contributed by atoms with Crippen LogP contribution in [0.3, 0.4) is 0 Å². The van der Waals surface area contributed by atoms with Gasteiger partial charge in [-0.15, -0.1) is 0 Å². The second-order valence-electron chi connectivity index (χ2n) is 5.37. The molecule has 0 aromatic heterocycles. The van der Waals surface area contributed by atoms with E-state index in [0.29, 0.717) is 5.56 Å². The van der Waals surface area contributed by atoms with Gasteiger partial charge in [0.05, 0.1) is 0 Å². The van der Waals surface area contributed by atoms with Crippen LogP contribution in [0.15, 0.2) is 23.4 Å². The Balaban J connectivity index is 2.17. The van der Waals surface area contributed by atoms with Gasteiger partial charge in [0.15, 0.2) is 5.84 Å². The van der Waals surface area contributed by atoms with E-state index in [1.165, 1.54) is 25.0 Å². The molecule has 0 aliphatic carbocycles. The van der Waals surface area contributed by atoms with Crippen molar-refractivity contribution in [1.29, 1.82) is 0 Å². The van der Waals surface area contributed by atoms with E-state index in [9.17, 15) is 4.39 Å². The van der Waals surface area contributed by atoms with Gasteiger partial charge < -0.3 is 15.8 Å². The summed E-state index contributed by atoms with van der Waals surface area (Å²) in [5.41, 5.74) is 6.96. The molecule has 0 amide bonds. The minimum Gasteiger partial charge on any atom is -0.409 e. The Labute approximate surface area is 119 Å². The average molecular weight is 279 g/mol. The Morgan fingerprint density at radius 3 is 2.75 bits per heavy atom. The number of nitrogens with zero attached hydrogens (tertiary/aromatic N) is 2. The lowest BCUT2D eigenvalue weighted by Crippen LogP contribution is -2.35. The molecule has 1 aliphatic rings. The zero-order valence-corrected chi connectivity index (χ0v) is 11.8. The third-order valence-corrected chi connectivity index (χ3v) is 3.99. The van der Waals surface area contributed by atoms with Crippen molar-refractivity contribution in [2.75, 3.05) is 18.0 Å². The van der Waals surface area contributed by atoms with Crippen LogP contribution in [-0.2, 0) is 0 Å². The standard InChI is InChI=1S/C15H22FN3O/c1-2-3-11-6-8-19(9-7-11)14-5-4-12(16)10-13(14)15(17)18-20/h4-5,10-11,20H,2-3,6-9H2,1H3,(H2,17,18). The molecule has 0 radical (unpaired) electrons. The van der Waals surface area contributed by atoms with Gasteiger partial charge >= 0.3 is 0 Å². The van der Waals surface area contributed by atoms with E-state index in [-0.39, 0.29) is 11.7 Å². The first kappa shape index (κ1) is 14.6. The van der Waals surface area contributed by atoms with Crippen molar-refractivity contribution >= 4 is 11.5 Å². The minimum absolute atomic E-state index is 0.0461. The minimum atomic E-state index is -0.379. The molecule has 0 saturated carbocycles. The molecule has 3 N–H and O–H groups in total. The van der Waals surface area contributed by atoms with E-state index < -0.39 is 0 Å². The van der Waals surface area contributed by atoms with Crippen LogP contribution in [0.5, 0.6) is 0 Å². The predicted octanol–water partition coefficient (Wildman–Crippen LogP) is 2.94. The van der Waals surface area contributed by atoms with Crippen molar-refractivity contribution in [1.82, 2.24) is 0 Å². The third kappa shape index (κ3) is 3.21. The quantitative estimate of drug-likeness (QED) is 0.385. The molecule has 1 heterocycles. The Bertz CT molecular complexity index is 482. The zero-order valence-electron chi connectivity index (χ0n) is 11.8. The molecule has 5 heteroatoms. The van der Waals surface area contributed by atoms with Gasteiger partial charge in [-0.3, -0.25) is 0 Å². The molecule has 20 heavy (non-hydrogen) atoms. The van der Waals surface area contributed by atoms with E-state index in [1.807, 2.05) is 0 Å². The Kier molecular flexibility index (Phi) is 4.82. The van der Waals surface area contributed by atoms with Crippen LogP contribution in [0.25, 0.3) is 0 Å². The SMILES string of the molecule is CCCC1CCN(c2ccc(F)cc2C(N)=NO)CC1. The van der Waals surface area contributed by atoms with Gasteiger partial charge in [-0.25, -0.2) is 4.39 Å². The Morgan fingerprint density at radius 2 is 2.15 bits per heavy atom. The van der Waals surface area contributed by atoms with E-state index in [1.54, 1.807) is 6.07 Å². The van der Waals surface area contributed by atoms with Crippen molar-refractivity contribution in [2.24, 2.45) is 16.8 Å². The summed E-state index contributed by atoms with van der Waals surface area (Å²) >= 11 is 0. The molecule has 1 saturated heterocycles. The number of anilines is 1. The topological polar surface area (TPSA) is 61.8 Å². The summed E-state index contributed by atoms with van der Waals surface area (Å²) in [4.78, 5) is 2.19. The number of hydrogen-bond acceptors (Lipinski definition) is 3. The monoisotopic (exact) mass is 279 g/mol. The molecule has 1 fully saturated rings. The number of amidine groups is 1. The maximum absolute atomic E-state index is 13.4. The van der Waals surface area contributed by atoms with Gasteiger partial charge in [-0.05, 0) is 37.0 Å². The predicted molar refractivity (Wildman–Crippen MR) is 78.8 cm³/mol. The fraction of sp³-hybridized carbons (Fsp3) is 0.533. The fourth-order valence-corrected chi connectivity index (χ4v) is 2.91. The van der Waals surface area contributed by atoms with Crippen LogP contribution in [0.4, 0.5) is 10.1 Å². The van der Waals surface area contributed by atoms with E-state index >= 15 is 0 Å². The summed E-state index contributed by atoms with van der Waals surface area (Å²) in [6.45, 7) is 4.08. The largest absolute Gasteiger partial charge is 0.409 e. The molecular weight excluding hydrogens is 257 g/mol. The van der Waals surface area contributed by atoms with Crippen molar-refractivity contribution in [2.45, 2.75) is 32.6 Å². The second kappa shape index (κ2) is 6.59. The molecule has 4 nitrogen and oxygen atoms in total. The van der Waals surface area contributed by atoms with E-state index in [2.05, 4.69) is 17.0 Å². The summed E-state index contributed by atoms with van der Waals surface area (Å²) in [5, 5.41) is 11.8.